The molecule has 4 rings (SSSR count). The van der Waals surface area contributed by atoms with Gasteiger partial charge in [-0.15, -0.1) is 0 Å². The first-order valence-electron chi connectivity index (χ1n) is 9.46. The number of hydrogen-bond donors (Lipinski definition) is 1. The van der Waals surface area contributed by atoms with Crippen molar-refractivity contribution in [1.29, 1.82) is 5.26 Å². The van der Waals surface area contributed by atoms with Crippen LogP contribution in [0.2, 0.25) is 0 Å². The van der Waals surface area contributed by atoms with Crippen molar-refractivity contribution < 1.29 is 18.0 Å². The highest BCUT2D eigenvalue weighted by molar-refractivity contribution is 6.09. The Bertz CT molecular complexity index is 1320. The van der Waals surface area contributed by atoms with Gasteiger partial charge in [0.05, 0.1) is 17.3 Å². The van der Waals surface area contributed by atoms with Crippen LogP contribution >= 0.6 is 0 Å². The predicted octanol–water partition coefficient (Wildman–Crippen LogP) is 3.40. The number of carbonyl (C=O) groups is 1. The van der Waals surface area contributed by atoms with Crippen LogP contribution in [0.15, 0.2) is 59.7 Å². The molecular weight excluding hydrogens is 419 g/mol. The average Bonchev–Trinajstić information content (AvgIpc) is 3.04. The third kappa shape index (κ3) is 3.17. The molecule has 0 radical (unpaired) electrons. The maximum Gasteiger partial charge on any atom is 0.266 e. The molecule has 1 aliphatic heterocycles. The van der Waals surface area contributed by atoms with Gasteiger partial charge in [0, 0.05) is 30.4 Å². The van der Waals surface area contributed by atoms with Crippen LogP contribution in [0, 0.1) is 23.0 Å². The smallest absolute Gasteiger partial charge is 0.266 e. The minimum Gasteiger partial charge on any atom is -0.369 e. The molecule has 0 bridgehead atoms. The molecule has 9 heteroatoms. The molecule has 1 aromatic heterocycles. The zero-order chi connectivity index (χ0) is 23.0. The molecule has 1 unspecified atom stereocenters. The molecule has 1 aliphatic rings. The number of rotatable bonds is 4. The van der Waals surface area contributed by atoms with Crippen LogP contribution in [-0.2, 0) is 17.0 Å². The first-order valence-corrected chi connectivity index (χ1v) is 9.46. The molecule has 0 saturated carbocycles. The number of halogens is 3. The van der Waals surface area contributed by atoms with E-state index < -0.39 is 29.8 Å². The molecule has 0 aliphatic carbocycles. The topological polar surface area (TPSA) is 95.4 Å². The molecule has 6 nitrogen and oxygen atoms in total. The van der Waals surface area contributed by atoms with Crippen molar-refractivity contribution in [2.24, 2.45) is 10.7 Å². The van der Waals surface area contributed by atoms with Crippen molar-refractivity contribution in [3.05, 3.63) is 88.7 Å². The van der Waals surface area contributed by atoms with E-state index in [1.54, 1.807) is 18.2 Å². The standard InChI is InChI=1S/C23H16F3N5O/c1-31-21(32)23(30-22(31)28,15-5-6-29-16(8-15)11-24)18-9-17(19(25)10-20(18)26)14-4-2-3-13(7-14)12-27/h2-10H,11H2,1H3,(H2,28,30). The van der Waals surface area contributed by atoms with Crippen molar-refractivity contribution in [3.63, 3.8) is 0 Å². The quantitative estimate of drug-likeness (QED) is 0.680. The van der Waals surface area contributed by atoms with Crippen molar-refractivity contribution in [1.82, 2.24) is 9.88 Å². The predicted molar refractivity (Wildman–Crippen MR) is 111 cm³/mol. The molecule has 2 aromatic carbocycles. The molecule has 0 fully saturated rings. The zero-order valence-corrected chi connectivity index (χ0v) is 16.8. The van der Waals surface area contributed by atoms with Gasteiger partial charge in [0.15, 0.2) is 11.5 Å². The van der Waals surface area contributed by atoms with Crippen molar-refractivity contribution in [2.75, 3.05) is 7.05 Å². The van der Waals surface area contributed by atoms with E-state index in [4.69, 9.17) is 11.0 Å². The molecule has 3 aromatic rings. The SMILES string of the molecule is CN1C(=O)C(c2ccnc(CF)c2)(c2cc(-c3cccc(C#N)c3)c(F)cc2F)N=C1N. The number of likely N-dealkylation sites (N-methyl/N-ethyl adjacent to an activating group) is 1. The highest BCUT2D eigenvalue weighted by atomic mass is 19.1. The van der Waals surface area contributed by atoms with Crippen molar-refractivity contribution in [2.45, 2.75) is 12.2 Å². The van der Waals surface area contributed by atoms with Gasteiger partial charge in [0.1, 0.15) is 18.3 Å². The van der Waals surface area contributed by atoms with E-state index in [9.17, 15) is 13.6 Å². The number of nitrogens with zero attached hydrogens (tertiary/aromatic N) is 4. The fourth-order valence-electron chi connectivity index (χ4n) is 3.74. The molecular formula is C23H16F3N5O. The molecule has 1 atom stereocenters. The minimum absolute atomic E-state index is 0.0162. The number of aromatic nitrogens is 1. The van der Waals surface area contributed by atoms with E-state index in [2.05, 4.69) is 9.98 Å². The number of nitrogens with two attached hydrogens (primary N) is 1. The van der Waals surface area contributed by atoms with Gasteiger partial charge in [-0.05, 0) is 41.5 Å². The second-order valence-electron chi connectivity index (χ2n) is 7.22. The fourth-order valence-corrected chi connectivity index (χ4v) is 3.74. The zero-order valence-electron chi connectivity index (χ0n) is 16.8. The van der Waals surface area contributed by atoms with Gasteiger partial charge in [-0.2, -0.15) is 5.26 Å². The molecule has 160 valence electrons. The van der Waals surface area contributed by atoms with Crippen LogP contribution < -0.4 is 5.73 Å². The van der Waals surface area contributed by atoms with Crippen LogP contribution in [-0.4, -0.2) is 28.8 Å². The number of aliphatic imine (C=N–C) groups is 1. The van der Waals surface area contributed by atoms with E-state index in [1.165, 1.54) is 37.5 Å². The number of pyridine rings is 1. The summed E-state index contributed by atoms with van der Waals surface area (Å²) in [6.45, 7) is -0.911. The minimum atomic E-state index is -1.99. The van der Waals surface area contributed by atoms with Crippen LogP contribution in [0.4, 0.5) is 13.2 Å². The summed E-state index contributed by atoms with van der Waals surface area (Å²) in [5.74, 6) is -2.77. The number of benzene rings is 2. The number of amides is 1. The summed E-state index contributed by atoms with van der Waals surface area (Å²) < 4.78 is 43.3. The number of nitriles is 1. The van der Waals surface area contributed by atoms with Gasteiger partial charge >= 0.3 is 0 Å². The van der Waals surface area contributed by atoms with Gasteiger partial charge < -0.3 is 5.73 Å². The highest BCUT2D eigenvalue weighted by Gasteiger charge is 2.51. The molecule has 32 heavy (non-hydrogen) atoms. The average molecular weight is 435 g/mol. The normalized spacial score (nSPS) is 17.9. The van der Waals surface area contributed by atoms with Gasteiger partial charge in [-0.3, -0.25) is 14.7 Å². The second kappa shape index (κ2) is 7.81. The van der Waals surface area contributed by atoms with E-state index in [-0.39, 0.29) is 33.9 Å². The summed E-state index contributed by atoms with van der Waals surface area (Å²) >= 11 is 0. The molecule has 1 amide bonds. The summed E-state index contributed by atoms with van der Waals surface area (Å²) in [5.41, 5.74) is 4.35. The number of alkyl halides is 1. The van der Waals surface area contributed by atoms with E-state index >= 15 is 4.39 Å². The van der Waals surface area contributed by atoms with E-state index in [0.717, 1.165) is 4.90 Å². The Balaban J connectivity index is 2.03. The van der Waals surface area contributed by atoms with Crippen LogP contribution in [0.1, 0.15) is 22.4 Å². The van der Waals surface area contributed by atoms with Crippen LogP contribution in [0.25, 0.3) is 11.1 Å². The van der Waals surface area contributed by atoms with Crippen LogP contribution in [0.5, 0.6) is 0 Å². The maximum absolute atomic E-state index is 15.2. The molecule has 0 saturated heterocycles. The third-order valence-electron chi connectivity index (χ3n) is 5.36. The molecule has 2 N–H and O–H groups in total. The van der Waals surface area contributed by atoms with E-state index in [1.807, 2.05) is 6.07 Å². The highest BCUT2D eigenvalue weighted by Crippen LogP contribution is 2.42. The lowest BCUT2D eigenvalue weighted by Gasteiger charge is -2.27. The lowest BCUT2D eigenvalue weighted by atomic mass is 9.81. The summed E-state index contributed by atoms with van der Waals surface area (Å²) in [6.07, 6.45) is 1.28. The summed E-state index contributed by atoms with van der Waals surface area (Å²) in [4.78, 5) is 22.5. The monoisotopic (exact) mass is 435 g/mol. The largest absolute Gasteiger partial charge is 0.369 e. The van der Waals surface area contributed by atoms with Crippen molar-refractivity contribution >= 4 is 11.9 Å². The van der Waals surface area contributed by atoms with Gasteiger partial charge in [0.25, 0.3) is 5.91 Å². The first-order chi connectivity index (χ1) is 15.3. The van der Waals surface area contributed by atoms with Crippen molar-refractivity contribution in [3.8, 4) is 17.2 Å². The number of hydrogen-bond acceptors (Lipinski definition) is 5. The second-order valence-corrected chi connectivity index (χ2v) is 7.22. The Morgan fingerprint density at radius 1 is 1.16 bits per heavy atom. The lowest BCUT2D eigenvalue weighted by molar-refractivity contribution is -0.129. The summed E-state index contributed by atoms with van der Waals surface area (Å²) in [6, 6.07) is 12.6. The van der Waals surface area contributed by atoms with Crippen LogP contribution in [0.3, 0.4) is 0 Å². The molecule has 0 spiro atoms. The Kier molecular flexibility index (Phi) is 5.14. The molecule has 2 heterocycles. The Hall–Kier alpha value is -4.19. The third-order valence-corrected chi connectivity index (χ3v) is 5.36. The Labute approximate surface area is 181 Å². The first kappa shape index (κ1) is 21.1. The summed E-state index contributed by atoms with van der Waals surface area (Å²) in [5, 5.41) is 9.16. The Morgan fingerprint density at radius 3 is 2.59 bits per heavy atom. The van der Waals surface area contributed by atoms with Gasteiger partial charge in [0.2, 0.25) is 0 Å². The maximum atomic E-state index is 15.2. The summed E-state index contributed by atoms with van der Waals surface area (Å²) in [7, 11) is 1.37. The van der Waals surface area contributed by atoms with Gasteiger partial charge in [-0.1, -0.05) is 12.1 Å². The fraction of sp³-hybridized carbons (Fsp3) is 0.130. The number of guanidine groups is 1. The van der Waals surface area contributed by atoms with Gasteiger partial charge in [-0.25, -0.2) is 18.2 Å². The Morgan fingerprint density at radius 2 is 1.94 bits per heavy atom. The lowest BCUT2D eigenvalue weighted by Crippen LogP contribution is -2.41. The number of carbonyl (C=O) groups excluding carboxylic acids is 1. The van der Waals surface area contributed by atoms with E-state index in [0.29, 0.717) is 11.6 Å².